The summed E-state index contributed by atoms with van der Waals surface area (Å²) in [5, 5.41) is 3.50. The van der Waals surface area contributed by atoms with Gasteiger partial charge in [-0.1, -0.05) is 12.1 Å². The van der Waals surface area contributed by atoms with Crippen LogP contribution in [0.4, 0.5) is 10.5 Å². The molecular weight excluding hydrogens is 404 g/mol. The smallest absolute Gasteiger partial charge is 0.415 e. The Hall–Kier alpha value is -2.28. The van der Waals surface area contributed by atoms with Crippen molar-refractivity contribution in [2.45, 2.75) is 84.6 Å². The molecule has 32 heavy (non-hydrogen) atoms. The van der Waals surface area contributed by atoms with Crippen LogP contribution in [0, 0.1) is 6.92 Å². The molecule has 0 unspecified atom stereocenters. The lowest BCUT2D eigenvalue weighted by atomic mass is 10.1. The molecule has 0 spiro atoms. The van der Waals surface area contributed by atoms with Gasteiger partial charge < -0.3 is 19.7 Å². The number of aryl methyl sites for hydroxylation is 1. The molecule has 0 radical (unpaired) electrons. The largest absolute Gasteiger partial charge is 0.443 e. The van der Waals surface area contributed by atoms with Gasteiger partial charge in [0, 0.05) is 39.3 Å². The molecule has 1 saturated carbocycles. The number of carbonyl (C=O) groups excluding carboxylic acids is 1. The molecule has 1 aromatic rings. The number of benzene rings is 1. The monoisotopic (exact) mass is 444 g/mol. The predicted octanol–water partition coefficient (Wildman–Crippen LogP) is 4.48. The van der Waals surface area contributed by atoms with E-state index in [9.17, 15) is 4.79 Å². The first-order valence-electron chi connectivity index (χ1n) is 11.9. The van der Waals surface area contributed by atoms with Gasteiger partial charge in [0.05, 0.1) is 11.8 Å². The lowest BCUT2D eigenvalue weighted by Gasteiger charge is -2.34. The maximum Gasteiger partial charge on any atom is 0.415 e. The summed E-state index contributed by atoms with van der Waals surface area (Å²) in [4.78, 5) is 21.4. The number of hydrogen-bond donors (Lipinski definition) is 1. The number of piperidine rings is 1. The van der Waals surface area contributed by atoms with Gasteiger partial charge in [-0.2, -0.15) is 0 Å². The van der Waals surface area contributed by atoms with Gasteiger partial charge in [0.2, 0.25) is 0 Å². The topological polar surface area (TPSA) is 66.4 Å². The number of aliphatic imine (C=N–C) groups is 1. The SMILES string of the molecule is CCOC1CCN(C(=NC)NCc2ccc(N(C(=O)OC(C)(C)C)C3CC3)c(C)c2)CC1. The first-order valence-corrected chi connectivity index (χ1v) is 11.9. The Morgan fingerprint density at radius 2 is 1.91 bits per heavy atom. The number of carbonyl (C=O) groups is 1. The molecule has 178 valence electrons. The highest BCUT2D eigenvalue weighted by molar-refractivity contribution is 5.90. The Labute approximate surface area is 193 Å². The average molecular weight is 445 g/mol. The van der Waals surface area contributed by atoms with E-state index in [0.717, 1.165) is 68.2 Å². The molecule has 1 aliphatic carbocycles. The Morgan fingerprint density at radius 3 is 2.44 bits per heavy atom. The van der Waals surface area contributed by atoms with Crippen LogP contribution in [0.15, 0.2) is 23.2 Å². The van der Waals surface area contributed by atoms with Crippen LogP contribution in [0.2, 0.25) is 0 Å². The summed E-state index contributed by atoms with van der Waals surface area (Å²) in [5.74, 6) is 0.926. The fourth-order valence-electron chi connectivity index (χ4n) is 4.17. The van der Waals surface area contributed by atoms with Gasteiger partial charge in [-0.3, -0.25) is 9.89 Å². The Bertz CT molecular complexity index is 806. The van der Waals surface area contributed by atoms with Crippen molar-refractivity contribution < 1.29 is 14.3 Å². The predicted molar refractivity (Wildman–Crippen MR) is 129 cm³/mol. The number of hydrogen-bond acceptors (Lipinski definition) is 4. The van der Waals surface area contributed by atoms with Crippen LogP contribution in [-0.4, -0.2) is 61.4 Å². The Balaban J connectivity index is 1.61. The Kier molecular flexibility index (Phi) is 8.04. The molecule has 7 nitrogen and oxygen atoms in total. The van der Waals surface area contributed by atoms with E-state index in [-0.39, 0.29) is 12.1 Å². The number of amides is 1. The highest BCUT2D eigenvalue weighted by atomic mass is 16.6. The molecule has 0 atom stereocenters. The van der Waals surface area contributed by atoms with Gasteiger partial charge in [0.25, 0.3) is 0 Å². The van der Waals surface area contributed by atoms with E-state index in [4.69, 9.17) is 9.47 Å². The Morgan fingerprint density at radius 1 is 1.22 bits per heavy atom. The molecule has 1 N–H and O–H groups in total. The zero-order valence-corrected chi connectivity index (χ0v) is 20.6. The number of nitrogens with one attached hydrogen (secondary N) is 1. The van der Waals surface area contributed by atoms with E-state index in [1.54, 1.807) is 0 Å². The summed E-state index contributed by atoms with van der Waals surface area (Å²) in [6.45, 7) is 13.2. The van der Waals surface area contributed by atoms with Crippen LogP contribution in [0.5, 0.6) is 0 Å². The second-order valence-corrected chi connectivity index (χ2v) is 9.74. The van der Waals surface area contributed by atoms with E-state index in [1.807, 2.05) is 38.8 Å². The summed E-state index contributed by atoms with van der Waals surface area (Å²) in [6.07, 6.45) is 4.22. The molecule has 3 rings (SSSR count). The van der Waals surface area contributed by atoms with E-state index < -0.39 is 5.60 Å². The minimum Gasteiger partial charge on any atom is -0.443 e. The fourth-order valence-corrected chi connectivity index (χ4v) is 4.17. The van der Waals surface area contributed by atoms with Crippen molar-refractivity contribution in [2.75, 3.05) is 31.6 Å². The zero-order chi connectivity index (χ0) is 23.3. The fraction of sp³-hybridized carbons (Fsp3) is 0.680. The normalized spacial score (nSPS) is 17.9. The van der Waals surface area contributed by atoms with Gasteiger partial charge in [-0.15, -0.1) is 0 Å². The third-order valence-corrected chi connectivity index (χ3v) is 5.83. The summed E-state index contributed by atoms with van der Waals surface area (Å²) >= 11 is 0. The van der Waals surface area contributed by atoms with Gasteiger partial charge >= 0.3 is 6.09 Å². The van der Waals surface area contributed by atoms with E-state index in [2.05, 4.69) is 41.2 Å². The van der Waals surface area contributed by atoms with E-state index >= 15 is 0 Å². The van der Waals surface area contributed by atoms with Crippen LogP contribution >= 0.6 is 0 Å². The second kappa shape index (κ2) is 10.6. The number of anilines is 1. The zero-order valence-electron chi connectivity index (χ0n) is 20.6. The van der Waals surface area contributed by atoms with Gasteiger partial charge in [0.1, 0.15) is 5.60 Å². The summed E-state index contributed by atoms with van der Waals surface area (Å²) in [7, 11) is 1.83. The summed E-state index contributed by atoms with van der Waals surface area (Å²) in [5.41, 5.74) is 2.67. The van der Waals surface area contributed by atoms with Crippen LogP contribution in [0.1, 0.15) is 64.5 Å². The second-order valence-electron chi connectivity index (χ2n) is 9.74. The van der Waals surface area contributed by atoms with Crippen molar-refractivity contribution in [1.82, 2.24) is 10.2 Å². The molecule has 7 heteroatoms. The molecule has 1 aromatic carbocycles. The molecule has 0 bridgehead atoms. The average Bonchev–Trinajstić information content (AvgIpc) is 3.55. The molecular formula is C25H40N4O3. The number of nitrogens with zero attached hydrogens (tertiary/aromatic N) is 3. The maximum absolute atomic E-state index is 12.8. The van der Waals surface area contributed by atoms with Gasteiger partial charge in [0.15, 0.2) is 5.96 Å². The number of likely N-dealkylation sites (tertiary alicyclic amines) is 1. The molecule has 2 aliphatic rings. The number of rotatable bonds is 6. The van der Waals surface area contributed by atoms with Crippen LogP contribution in [0.25, 0.3) is 0 Å². The molecule has 1 heterocycles. The number of ether oxygens (including phenoxy) is 2. The first kappa shape index (κ1) is 24.4. The van der Waals surface area contributed by atoms with Gasteiger partial charge in [-0.05, 0) is 77.5 Å². The number of guanidine groups is 1. The van der Waals surface area contributed by atoms with Crippen LogP contribution < -0.4 is 10.2 Å². The summed E-state index contributed by atoms with van der Waals surface area (Å²) in [6, 6.07) is 6.52. The van der Waals surface area contributed by atoms with E-state index in [0.29, 0.717) is 12.6 Å². The van der Waals surface area contributed by atoms with Crippen LogP contribution in [0.3, 0.4) is 0 Å². The first-order chi connectivity index (χ1) is 15.2. The van der Waals surface area contributed by atoms with Crippen molar-refractivity contribution in [2.24, 2.45) is 4.99 Å². The molecule has 1 saturated heterocycles. The van der Waals surface area contributed by atoms with Crippen molar-refractivity contribution >= 4 is 17.7 Å². The molecule has 1 aliphatic heterocycles. The third kappa shape index (κ3) is 6.61. The van der Waals surface area contributed by atoms with Crippen molar-refractivity contribution in [3.05, 3.63) is 29.3 Å². The van der Waals surface area contributed by atoms with Gasteiger partial charge in [-0.25, -0.2) is 4.79 Å². The highest BCUT2D eigenvalue weighted by Gasteiger charge is 2.37. The highest BCUT2D eigenvalue weighted by Crippen LogP contribution is 2.35. The van der Waals surface area contributed by atoms with Crippen molar-refractivity contribution in [3.8, 4) is 0 Å². The quantitative estimate of drug-likeness (QED) is 0.518. The lowest BCUT2D eigenvalue weighted by molar-refractivity contribution is 0.0263. The van der Waals surface area contributed by atoms with Crippen LogP contribution in [-0.2, 0) is 16.0 Å². The molecule has 2 fully saturated rings. The van der Waals surface area contributed by atoms with E-state index in [1.165, 1.54) is 0 Å². The van der Waals surface area contributed by atoms with Crippen molar-refractivity contribution in [1.29, 1.82) is 0 Å². The van der Waals surface area contributed by atoms with Crippen molar-refractivity contribution in [3.63, 3.8) is 0 Å². The maximum atomic E-state index is 12.8. The lowest BCUT2D eigenvalue weighted by Crippen LogP contribution is -2.46. The molecule has 0 aromatic heterocycles. The minimum atomic E-state index is -0.505. The minimum absolute atomic E-state index is 0.242. The molecule has 1 amide bonds. The summed E-state index contributed by atoms with van der Waals surface area (Å²) < 4.78 is 11.4. The standard InChI is InChI=1S/C25H40N4O3/c1-7-31-21-12-14-28(15-13-21)23(26-6)27-17-19-8-11-22(18(2)16-19)29(20-9-10-20)24(30)32-25(3,4)5/h8,11,16,20-21H,7,9-10,12-15,17H2,1-6H3,(H,26,27). The third-order valence-electron chi connectivity index (χ3n) is 5.83.